The molecule has 0 bridgehead atoms. The van der Waals surface area contributed by atoms with Crippen molar-refractivity contribution in [3.8, 4) is 5.75 Å². The van der Waals surface area contributed by atoms with Crippen LogP contribution in [0.15, 0.2) is 47.6 Å². The van der Waals surface area contributed by atoms with Crippen LogP contribution in [-0.2, 0) is 11.2 Å². The lowest BCUT2D eigenvalue weighted by atomic mass is 10.1. The van der Waals surface area contributed by atoms with Gasteiger partial charge in [0.25, 0.3) is 5.91 Å². The first-order chi connectivity index (χ1) is 11.1. The van der Waals surface area contributed by atoms with Crippen molar-refractivity contribution in [3.05, 3.63) is 63.6 Å². The molecule has 0 spiro atoms. The van der Waals surface area contributed by atoms with Crippen molar-refractivity contribution >= 4 is 35.3 Å². The second-order valence-corrected chi connectivity index (χ2v) is 5.53. The van der Waals surface area contributed by atoms with Crippen LogP contribution in [0.5, 0.6) is 5.75 Å². The molecule has 0 aliphatic heterocycles. The number of halogens is 2. The molecule has 0 radical (unpaired) electrons. The Morgan fingerprint density at radius 3 is 2.74 bits per heavy atom. The van der Waals surface area contributed by atoms with Gasteiger partial charge in [0, 0.05) is 0 Å². The van der Waals surface area contributed by atoms with Crippen LogP contribution >= 0.6 is 23.2 Å². The van der Waals surface area contributed by atoms with E-state index in [9.17, 15) is 4.79 Å². The number of carbonyl (C=O) groups excluding carboxylic acids is 1. The molecule has 0 saturated heterocycles. The number of para-hydroxylation sites is 1. The number of carbonyl (C=O) groups is 1. The third kappa shape index (κ3) is 5.27. The van der Waals surface area contributed by atoms with E-state index in [1.807, 2.05) is 31.2 Å². The van der Waals surface area contributed by atoms with E-state index in [0.29, 0.717) is 15.8 Å². The Hall–Kier alpha value is -2.04. The SMILES string of the molecule is CCc1ccccc1OCC(=O)N/N=C/c1ccc(Cl)c(Cl)c1. The van der Waals surface area contributed by atoms with Crippen LogP contribution in [0.4, 0.5) is 0 Å². The number of hydrogen-bond donors (Lipinski definition) is 1. The number of hydrogen-bond acceptors (Lipinski definition) is 3. The summed E-state index contributed by atoms with van der Waals surface area (Å²) in [6.07, 6.45) is 2.33. The second kappa shape index (κ2) is 8.56. The van der Waals surface area contributed by atoms with Crippen molar-refractivity contribution in [3.63, 3.8) is 0 Å². The van der Waals surface area contributed by atoms with Crippen molar-refractivity contribution in [1.82, 2.24) is 5.43 Å². The summed E-state index contributed by atoms with van der Waals surface area (Å²) >= 11 is 11.7. The number of ether oxygens (including phenoxy) is 1. The predicted molar refractivity (Wildman–Crippen MR) is 93.5 cm³/mol. The predicted octanol–water partition coefficient (Wildman–Crippen LogP) is 4.08. The lowest BCUT2D eigenvalue weighted by molar-refractivity contribution is -0.123. The molecule has 2 aromatic carbocycles. The summed E-state index contributed by atoms with van der Waals surface area (Å²) in [6.45, 7) is 1.93. The summed E-state index contributed by atoms with van der Waals surface area (Å²) in [7, 11) is 0. The Balaban J connectivity index is 1.85. The summed E-state index contributed by atoms with van der Waals surface area (Å²) in [5.41, 5.74) is 4.19. The molecule has 0 aromatic heterocycles. The van der Waals surface area contributed by atoms with Gasteiger partial charge in [0.2, 0.25) is 0 Å². The van der Waals surface area contributed by atoms with Crippen LogP contribution in [-0.4, -0.2) is 18.7 Å². The highest BCUT2D eigenvalue weighted by molar-refractivity contribution is 6.42. The molecule has 23 heavy (non-hydrogen) atoms. The first-order valence-electron chi connectivity index (χ1n) is 7.07. The largest absolute Gasteiger partial charge is 0.483 e. The maximum atomic E-state index is 11.7. The summed E-state index contributed by atoms with van der Waals surface area (Å²) < 4.78 is 5.50. The van der Waals surface area contributed by atoms with Crippen LogP contribution in [0.3, 0.4) is 0 Å². The van der Waals surface area contributed by atoms with Gasteiger partial charge in [-0.1, -0.05) is 54.4 Å². The minimum Gasteiger partial charge on any atom is -0.483 e. The van der Waals surface area contributed by atoms with Gasteiger partial charge in [-0.15, -0.1) is 0 Å². The minimum absolute atomic E-state index is 0.101. The smallest absolute Gasteiger partial charge is 0.277 e. The maximum Gasteiger partial charge on any atom is 0.277 e. The van der Waals surface area contributed by atoms with Crippen LogP contribution in [0.2, 0.25) is 10.0 Å². The van der Waals surface area contributed by atoms with Gasteiger partial charge < -0.3 is 4.74 Å². The zero-order chi connectivity index (χ0) is 16.7. The number of benzene rings is 2. The number of aryl methyl sites for hydroxylation is 1. The summed E-state index contributed by atoms with van der Waals surface area (Å²) in [5, 5.41) is 4.76. The van der Waals surface area contributed by atoms with Crippen molar-refractivity contribution in [1.29, 1.82) is 0 Å². The van der Waals surface area contributed by atoms with Crippen LogP contribution in [0.1, 0.15) is 18.1 Å². The summed E-state index contributed by atoms with van der Waals surface area (Å²) in [6, 6.07) is 12.7. The van der Waals surface area contributed by atoms with Crippen molar-refractivity contribution in [2.75, 3.05) is 6.61 Å². The quantitative estimate of drug-likeness (QED) is 0.630. The average molecular weight is 351 g/mol. The Bertz CT molecular complexity index is 717. The molecule has 6 heteroatoms. The molecule has 2 rings (SSSR count). The molecule has 1 amide bonds. The van der Waals surface area contributed by atoms with Crippen molar-refractivity contribution < 1.29 is 9.53 Å². The zero-order valence-corrected chi connectivity index (χ0v) is 14.1. The van der Waals surface area contributed by atoms with E-state index >= 15 is 0 Å². The maximum absolute atomic E-state index is 11.7. The van der Waals surface area contributed by atoms with Crippen molar-refractivity contribution in [2.24, 2.45) is 5.10 Å². The molecule has 1 N–H and O–H groups in total. The summed E-state index contributed by atoms with van der Waals surface area (Å²) in [5.74, 6) is 0.367. The lowest BCUT2D eigenvalue weighted by Gasteiger charge is -2.08. The fourth-order valence-electron chi connectivity index (χ4n) is 1.88. The molecule has 0 unspecified atom stereocenters. The monoisotopic (exact) mass is 350 g/mol. The van der Waals surface area contributed by atoms with E-state index in [2.05, 4.69) is 10.5 Å². The van der Waals surface area contributed by atoms with E-state index in [1.54, 1.807) is 18.2 Å². The molecule has 0 heterocycles. The van der Waals surface area contributed by atoms with Gasteiger partial charge in [-0.3, -0.25) is 4.79 Å². The van der Waals surface area contributed by atoms with E-state index < -0.39 is 0 Å². The average Bonchev–Trinajstić information content (AvgIpc) is 2.56. The molecule has 4 nitrogen and oxygen atoms in total. The molecular weight excluding hydrogens is 335 g/mol. The molecule has 0 aliphatic carbocycles. The van der Waals surface area contributed by atoms with E-state index in [0.717, 1.165) is 17.5 Å². The molecular formula is C17H16Cl2N2O2. The first-order valence-corrected chi connectivity index (χ1v) is 7.83. The van der Waals surface area contributed by atoms with Gasteiger partial charge in [-0.2, -0.15) is 5.10 Å². The van der Waals surface area contributed by atoms with Crippen LogP contribution in [0.25, 0.3) is 0 Å². The van der Waals surface area contributed by atoms with E-state index in [4.69, 9.17) is 27.9 Å². The number of nitrogens with one attached hydrogen (secondary N) is 1. The Morgan fingerprint density at radius 2 is 2.00 bits per heavy atom. The number of hydrazone groups is 1. The fourth-order valence-corrected chi connectivity index (χ4v) is 2.19. The normalized spacial score (nSPS) is 10.7. The highest BCUT2D eigenvalue weighted by atomic mass is 35.5. The fraction of sp³-hybridized carbons (Fsp3) is 0.176. The molecule has 0 saturated carbocycles. The van der Waals surface area contributed by atoms with Gasteiger partial charge in [0.05, 0.1) is 16.3 Å². The van der Waals surface area contributed by atoms with Crippen LogP contribution < -0.4 is 10.2 Å². The third-order valence-electron chi connectivity index (χ3n) is 3.06. The first kappa shape index (κ1) is 17.3. The van der Waals surface area contributed by atoms with Gasteiger partial charge in [-0.25, -0.2) is 5.43 Å². The third-order valence-corrected chi connectivity index (χ3v) is 3.80. The van der Waals surface area contributed by atoms with Gasteiger partial charge >= 0.3 is 0 Å². The van der Waals surface area contributed by atoms with Gasteiger partial charge in [0.1, 0.15) is 5.75 Å². The Morgan fingerprint density at radius 1 is 1.22 bits per heavy atom. The number of nitrogens with zero attached hydrogens (tertiary/aromatic N) is 1. The Labute approximate surface area is 145 Å². The molecule has 120 valence electrons. The summed E-state index contributed by atoms with van der Waals surface area (Å²) in [4.78, 5) is 11.7. The van der Waals surface area contributed by atoms with E-state index in [1.165, 1.54) is 6.21 Å². The van der Waals surface area contributed by atoms with Crippen molar-refractivity contribution in [2.45, 2.75) is 13.3 Å². The minimum atomic E-state index is -0.341. The highest BCUT2D eigenvalue weighted by Crippen LogP contribution is 2.21. The van der Waals surface area contributed by atoms with E-state index in [-0.39, 0.29) is 12.5 Å². The molecule has 0 fully saturated rings. The topological polar surface area (TPSA) is 50.7 Å². The number of rotatable bonds is 6. The molecule has 0 atom stereocenters. The van der Waals surface area contributed by atoms with Gasteiger partial charge in [-0.05, 0) is 35.7 Å². The Kier molecular flexibility index (Phi) is 6.44. The molecule has 2 aromatic rings. The van der Waals surface area contributed by atoms with Gasteiger partial charge in [0.15, 0.2) is 6.61 Å². The van der Waals surface area contributed by atoms with Crippen LogP contribution in [0, 0.1) is 0 Å². The zero-order valence-electron chi connectivity index (χ0n) is 12.6. The second-order valence-electron chi connectivity index (χ2n) is 4.72. The lowest BCUT2D eigenvalue weighted by Crippen LogP contribution is -2.24. The number of amides is 1. The highest BCUT2D eigenvalue weighted by Gasteiger charge is 2.04. The standard InChI is InChI=1S/C17H16Cl2N2O2/c1-2-13-5-3-4-6-16(13)23-11-17(22)21-20-10-12-7-8-14(18)15(19)9-12/h3-10H,2,11H2,1H3,(H,21,22)/b20-10+. The molecule has 0 aliphatic rings.